The number of rotatable bonds is 6. The Morgan fingerprint density at radius 1 is 1.09 bits per heavy atom. The molecular weight excluding hydrogens is 436 g/mol. The second-order valence-electron chi connectivity index (χ2n) is 7.74. The monoisotopic (exact) mass is 456 g/mol. The predicted octanol–water partition coefficient (Wildman–Crippen LogP) is 5.47. The van der Waals surface area contributed by atoms with Gasteiger partial charge >= 0.3 is 0 Å². The van der Waals surface area contributed by atoms with Gasteiger partial charge in [-0.1, -0.05) is 23.7 Å². The third-order valence-electron chi connectivity index (χ3n) is 5.74. The van der Waals surface area contributed by atoms with Crippen molar-refractivity contribution in [3.05, 3.63) is 107 Å². The Balaban J connectivity index is 1.61. The standard InChI is InChI=1S/C26H21ClN4O2/c1-17-25(26(32)23-11-13-31(29-23)20-4-3-12-28-15-20)22-14-21(33-2)9-10-24(22)30(17)16-18-5-7-19(27)8-6-18/h3-15H,16H2,1-2H3. The van der Waals surface area contributed by atoms with Gasteiger partial charge in [-0.25, -0.2) is 4.68 Å². The lowest BCUT2D eigenvalue weighted by atomic mass is 10.0. The van der Waals surface area contributed by atoms with Gasteiger partial charge in [0.1, 0.15) is 11.4 Å². The highest BCUT2D eigenvalue weighted by atomic mass is 35.5. The van der Waals surface area contributed by atoms with Crippen LogP contribution in [0.3, 0.4) is 0 Å². The zero-order chi connectivity index (χ0) is 22.9. The molecule has 0 aliphatic carbocycles. The van der Waals surface area contributed by atoms with Gasteiger partial charge in [-0.2, -0.15) is 5.10 Å². The van der Waals surface area contributed by atoms with Gasteiger partial charge in [0.2, 0.25) is 5.78 Å². The van der Waals surface area contributed by atoms with Gasteiger partial charge < -0.3 is 9.30 Å². The van der Waals surface area contributed by atoms with Crippen molar-refractivity contribution in [1.82, 2.24) is 19.3 Å². The molecule has 0 unspecified atom stereocenters. The van der Waals surface area contributed by atoms with Crippen LogP contribution in [0.25, 0.3) is 16.6 Å². The summed E-state index contributed by atoms with van der Waals surface area (Å²) < 4.78 is 9.24. The maximum absolute atomic E-state index is 13.7. The number of fused-ring (bicyclic) bond motifs is 1. The number of hydrogen-bond donors (Lipinski definition) is 0. The van der Waals surface area contributed by atoms with Crippen LogP contribution in [0.5, 0.6) is 5.75 Å². The largest absolute Gasteiger partial charge is 0.497 e. The number of carbonyl (C=O) groups is 1. The van der Waals surface area contributed by atoms with Crippen molar-refractivity contribution in [3.8, 4) is 11.4 Å². The van der Waals surface area contributed by atoms with Crippen molar-refractivity contribution >= 4 is 28.3 Å². The maximum Gasteiger partial charge on any atom is 0.215 e. The molecule has 33 heavy (non-hydrogen) atoms. The van der Waals surface area contributed by atoms with Crippen molar-refractivity contribution in [2.75, 3.05) is 7.11 Å². The van der Waals surface area contributed by atoms with Crippen LogP contribution in [0.2, 0.25) is 5.02 Å². The first-order valence-electron chi connectivity index (χ1n) is 10.5. The zero-order valence-electron chi connectivity index (χ0n) is 18.2. The summed E-state index contributed by atoms with van der Waals surface area (Å²) in [6.45, 7) is 2.58. The summed E-state index contributed by atoms with van der Waals surface area (Å²) >= 11 is 6.06. The average Bonchev–Trinajstić information content (AvgIpc) is 3.44. The molecule has 0 fully saturated rings. The van der Waals surface area contributed by atoms with Crippen LogP contribution >= 0.6 is 11.6 Å². The van der Waals surface area contributed by atoms with E-state index in [-0.39, 0.29) is 5.78 Å². The fraction of sp³-hybridized carbons (Fsp3) is 0.115. The minimum atomic E-state index is -0.136. The van der Waals surface area contributed by atoms with Crippen LogP contribution < -0.4 is 4.74 Å². The Kier molecular flexibility index (Phi) is 5.44. The van der Waals surface area contributed by atoms with Crippen LogP contribution in [-0.2, 0) is 6.54 Å². The van der Waals surface area contributed by atoms with Crippen LogP contribution in [0.15, 0.2) is 79.3 Å². The van der Waals surface area contributed by atoms with Gasteiger partial charge in [-0.3, -0.25) is 9.78 Å². The van der Waals surface area contributed by atoms with Crippen LogP contribution in [0.1, 0.15) is 27.3 Å². The quantitative estimate of drug-likeness (QED) is 0.318. The molecule has 3 heterocycles. The fourth-order valence-electron chi connectivity index (χ4n) is 4.06. The molecule has 164 valence electrons. The summed E-state index contributed by atoms with van der Waals surface area (Å²) in [6.07, 6.45) is 5.17. The third-order valence-corrected chi connectivity index (χ3v) is 6.00. The molecule has 0 saturated heterocycles. The first-order chi connectivity index (χ1) is 16.0. The van der Waals surface area contributed by atoms with Crippen molar-refractivity contribution in [2.45, 2.75) is 13.5 Å². The van der Waals surface area contributed by atoms with Crippen molar-refractivity contribution in [2.24, 2.45) is 0 Å². The van der Waals surface area contributed by atoms with Crippen LogP contribution in [0, 0.1) is 6.92 Å². The van der Waals surface area contributed by atoms with E-state index >= 15 is 0 Å². The molecule has 0 atom stereocenters. The Morgan fingerprint density at radius 2 is 1.91 bits per heavy atom. The minimum absolute atomic E-state index is 0.136. The number of ether oxygens (including phenoxy) is 1. The summed E-state index contributed by atoms with van der Waals surface area (Å²) in [7, 11) is 1.62. The highest BCUT2D eigenvalue weighted by molar-refractivity contribution is 6.30. The van der Waals surface area contributed by atoms with E-state index in [0.29, 0.717) is 28.6 Å². The Hall–Kier alpha value is -3.90. The molecule has 7 heteroatoms. The Labute approximate surface area is 196 Å². The lowest BCUT2D eigenvalue weighted by Crippen LogP contribution is -2.07. The van der Waals surface area contributed by atoms with E-state index in [1.165, 1.54) is 0 Å². The van der Waals surface area contributed by atoms with Gasteiger partial charge in [0, 0.05) is 40.6 Å². The first-order valence-corrected chi connectivity index (χ1v) is 10.8. The van der Waals surface area contributed by atoms with E-state index in [1.807, 2.05) is 61.5 Å². The number of halogens is 1. The fourth-order valence-corrected chi connectivity index (χ4v) is 4.18. The molecule has 3 aromatic heterocycles. The molecule has 0 amide bonds. The second kappa shape index (κ2) is 8.56. The molecule has 0 saturated carbocycles. The second-order valence-corrected chi connectivity index (χ2v) is 8.18. The van der Waals surface area contributed by atoms with Crippen LogP contribution in [0.4, 0.5) is 0 Å². The molecule has 0 aliphatic heterocycles. The van der Waals surface area contributed by atoms with Crippen LogP contribution in [-0.4, -0.2) is 32.2 Å². The van der Waals surface area contributed by atoms with Crippen molar-refractivity contribution in [3.63, 3.8) is 0 Å². The molecule has 2 aromatic carbocycles. The SMILES string of the molecule is COc1ccc2c(c1)c(C(=O)c1ccn(-c3cccnc3)n1)c(C)n2Cc1ccc(Cl)cc1. The highest BCUT2D eigenvalue weighted by Crippen LogP contribution is 2.32. The number of pyridine rings is 1. The average molecular weight is 457 g/mol. The van der Waals surface area contributed by atoms with E-state index < -0.39 is 0 Å². The van der Waals surface area contributed by atoms with Gasteiger partial charge in [0.15, 0.2) is 0 Å². The Bertz CT molecular complexity index is 1450. The zero-order valence-corrected chi connectivity index (χ0v) is 19.0. The summed E-state index contributed by atoms with van der Waals surface area (Å²) in [4.78, 5) is 17.8. The molecular formula is C26H21ClN4O2. The molecule has 0 spiro atoms. The highest BCUT2D eigenvalue weighted by Gasteiger charge is 2.23. The Morgan fingerprint density at radius 3 is 2.64 bits per heavy atom. The summed E-state index contributed by atoms with van der Waals surface area (Å²) in [5.41, 5.74) is 4.70. The number of methoxy groups -OCH3 is 1. The van der Waals surface area contributed by atoms with Gasteiger partial charge in [-0.15, -0.1) is 0 Å². The summed E-state index contributed by atoms with van der Waals surface area (Å²) in [5.74, 6) is 0.560. The molecule has 0 aliphatic rings. The van der Waals surface area contributed by atoms with E-state index in [0.717, 1.165) is 27.8 Å². The van der Waals surface area contributed by atoms with E-state index in [4.69, 9.17) is 16.3 Å². The summed E-state index contributed by atoms with van der Waals surface area (Å²) in [5, 5.41) is 6.05. The maximum atomic E-state index is 13.7. The molecule has 6 nitrogen and oxygen atoms in total. The number of nitrogens with zero attached hydrogens (tertiary/aromatic N) is 4. The molecule has 5 rings (SSSR count). The molecule has 5 aromatic rings. The molecule has 0 N–H and O–H groups in total. The van der Waals surface area contributed by atoms with E-state index in [2.05, 4.69) is 14.6 Å². The summed E-state index contributed by atoms with van der Waals surface area (Å²) in [6, 6.07) is 19.0. The number of ketones is 1. The number of aromatic nitrogens is 4. The van der Waals surface area contributed by atoms with Gasteiger partial charge in [-0.05, 0) is 61.0 Å². The van der Waals surface area contributed by atoms with Gasteiger partial charge in [0.25, 0.3) is 0 Å². The first kappa shape index (κ1) is 21.0. The topological polar surface area (TPSA) is 61.9 Å². The normalized spacial score (nSPS) is 11.1. The smallest absolute Gasteiger partial charge is 0.215 e. The predicted molar refractivity (Wildman–Crippen MR) is 129 cm³/mol. The number of benzene rings is 2. The third kappa shape index (κ3) is 3.90. The minimum Gasteiger partial charge on any atom is -0.497 e. The van der Waals surface area contributed by atoms with E-state index in [1.54, 1.807) is 36.4 Å². The van der Waals surface area contributed by atoms with E-state index in [9.17, 15) is 4.79 Å². The molecule has 0 radical (unpaired) electrons. The lowest BCUT2D eigenvalue weighted by molar-refractivity contribution is 0.103. The molecule has 0 bridgehead atoms. The van der Waals surface area contributed by atoms with Crippen molar-refractivity contribution < 1.29 is 9.53 Å². The number of carbonyl (C=O) groups excluding carboxylic acids is 1. The van der Waals surface area contributed by atoms with Crippen molar-refractivity contribution in [1.29, 1.82) is 0 Å². The lowest BCUT2D eigenvalue weighted by Gasteiger charge is -2.09. The van der Waals surface area contributed by atoms with Gasteiger partial charge in [0.05, 0.1) is 24.6 Å². The number of hydrogen-bond acceptors (Lipinski definition) is 4.